The molecule has 5 nitrogen and oxygen atoms in total. The van der Waals surface area contributed by atoms with Crippen LogP contribution in [-0.4, -0.2) is 47.1 Å². The van der Waals surface area contributed by atoms with Crippen LogP contribution in [0.5, 0.6) is 0 Å². The van der Waals surface area contributed by atoms with E-state index in [0.29, 0.717) is 6.54 Å². The van der Waals surface area contributed by atoms with Crippen LogP contribution in [0.3, 0.4) is 0 Å². The van der Waals surface area contributed by atoms with Gasteiger partial charge in [-0.15, -0.1) is 0 Å². The van der Waals surface area contributed by atoms with Crippen LogP contribution in [0.15, 0.2) is 0 Å². The third-order valence-corrected chi connectivity index (χ3v) is 3.94. The second kappa shape index (κ2) is 6.89. The summed E-state index contributed by atoms with van der Waals surface area (Å²) in [5, 5.41) is 12.6. The van der Waals surface area contributed by atoms with Gasteiger partial charge in [0.2, 0.25) is 11.8 Å². The fraction of sp³-hybridized carbons (Fsp3) is 0.857. The summed E-state index contributed by atoms with van der Waals surface area (Å²) >= 11 is 0. The highest BCUT2D eigenvalue weighted by Crippen LogP contribution is 2.20. The van der Waals surface area contributed by atoms with Gasteiger partial charge in [0.05, 0.1) is 12.0 Å². The maximum absolute atomic E-state index is 12.0. The lowest BCUT2D eigenvalue weighted by Gasteiger charge is -2.21. The van der Waals surface area contributed by atoms with Crippen LogP contribution in [0.25, 0.3) is 0 Å². The summed E-state index contributed by atoms with van der Waals surface area (Å²) in [7, 11) is 0. The van der Waals surface area contributed by atoms with Crippen LogP contribution in [-0.2, 0) is 9.59 Å². The number of aliphatic hydroxyl groups is 1. The van der Waals surface area contributed by atoms with Gasteiger partial charge < -0.3 is 15.3 Å². The SMILES string of the molecule is CCC(C)C(O)CNC(=O)C1CC(=O)N(C(C)C)C1. The minimum atomic E-state index is -0.521. The van der Waals surface area contributed by atoms with Gasteiger partial charge >= 0.3 is 0 Å². The van der Waals surface area contributed by atoms with Gasteiger partial charge in [0, 0.05) is 25.6 Å². The molecule has 1 aliphatic rings. The fourth-order valence-corrected chi connectivity index (χ4v) is 2.23. The van der Waals surface area contributed by atoms with Crippen molar-refractivity contribution >= 4 is 11.8 Å². The Hall–Kier alpha value is -1.10. The molecular formula is C14H26N2O3. The van der Waals surface area contributed by atoms with E-state index in [1.807, 2.05) is 27.7 Å². The molecule has 0 saturated carbocycles. The largest absolute Gasteiger partial charge is 0.391 e. The molecule has 5 heteroatoms. The van der Waals surface area contributed by atoms with Gasteiger partial charge in [-0.2, -0.15) is 0 Å². The van der Waals surface area contributed by atoms with Crippen LogP contribution in [0.4, 0.5) is 0 Å². The Morgan fingerprint density at radius 2 is 2.11 bits per heavy atom. The van der Waals surface area contributed by atoms with Crippen LogP contribution in [0.2, 0.25) is 0 Å². The van der Waals surface area contributed by atoms with Crippen LogP contribution >= 0.6 is 0 Å². The topological polar surface area (TPSA) is 69.6 Å². The molecule has 1 rings (SSSR count). The van der Waals surface area contributed by atoms with Gasteiger partial charge in [0.15, 0.2) is 0 Å². The Kier molecular flexibility index (Phi) is 5.79. The second-order valence-corrected chi connectivity index (χ2v) is 5.74. The van der Waals surface area contributed by atoms with E-state index in [4.69, 9.17) is 0 Å². The first-order valence-corrected chi connectivity index (χ1v) is 7.12. The third kappa shape index (κ3) is 4.20. The first kappa shape index (κ1) is 16.0. The first-order valence-electron chi connectivity index (χ1n) is 7.12. The van der Waals surface area contributed by atoms with Crippen molar-refractivity contribution in [2.24, 2.45) is 11.8 Å². The van der Waals surface area contributed by atoms with E-state index >= 15 is 0 Å². The Morgan fingerprint density at radius 1 is 1.47 bits per heavy atom. The third-order valence-electron chi connectivity index (χ3n) is 3.94. The van der Waals surface area contributed by atoms with Gasteiger partial charge in [-0.05, 0) is 19.8 Å². The van der Waals surface area contributed by atoms with Crippen molar-refractivity contribution in [3.63, 3.8) is 0 Å². The maximum Gasteiger partial charge on any atom is 0.225 e. The average Bonchev–Trinajstić information content (AvgIpc) is 2.76. The predicted molar refractivity (Wildman–Crippen MR) is 73.4 cm³/mol. The summed E-state index contributed by atoms with van der Waals surface area (Å²) in [5.74, 6) is -0.201. The Labute approximate surface area is 115 Å². The molecular weight excluding hydrogens is 244 g/mol. The van der Waals surface area contributed by atoms with Crippen LogP contribution < -0.4 is 5.32 Å². The molecule has 1 aliphatic heterocycles. The molecule has 3 unspecified atom stereocenters. The zero-order chi connectivity index (χ0) is 14.6. The van der Waals surface area contributed by atoms with Gasteiger partial charge in [0.1, 0.15) is 0 Å². The molecule has 0 aromatic carbocycles. The number of hydrogen-bond acceptors (Lipinski definition) is 3. The van der Waals surface area contributed by atoms with Crippen molar-refractivity contribution in [1.29, 1.82) is 0 Å². The molecule has 19 heavy (non-hydrogen) atoms. The van der Waals surface area contributed by atoms with Crippen molar-refractivity contribution in [3.05, 3.63) is 0 Å². The summed E-state index contributed by atoms with van der Waals surface area (Å²) in [6.45, 7) is 8.61. The molecule has 1 fully saturated rings. The summed E-state index contributed by atoms with van der Waals surface area (Å²) in [6.07, 6.45) is 0.635. The van der Waals surface area contributed by atoms with Crippen molar-refractivity contribution in [2.45, 2.75) is 52.7 Å². The second-order valence-electron chi connectivity index (χ2n) is 5.74. The minimum absolute atomic E-state index is 0.0395. The zero-order valence-corrected chi connectivity index (χ0v) is 12.3. The molecule has 0 aliphatic carbocycles. The Morgan fingerprint density at radius 3 is 2.58 bits per heavy atom. The summed E-state index contributed by atoms with van der Waals surface area (Å²) in [4.78, 5) is 25.4. The molecule has 2 N–H and O–H groups in total. The molecule has 110 valence electrons. The maximum atomic E-state index is 12.0. The predicted octanol–water partition coefficient (Wildman–Crippen LogP) is 0.766. The van der Waals surface area contributed by atoms with Gasteiger partial charge in [-0.3, -0.25) is 9.59 Å². The van der Waals surface area contributed by atoms with Crippen molar-refractivity contribution in [2.75, 3.05) is 13.1 Å². The first-order chi connectivity index (χ1) is 8.86. The number of hydrogen-bond donors (Lipinski definition) is 2. The molecule has 0 aromatic heterocycles. The van der Waals surface area contributed by atoms with Crippen molar-refractivity contribution < 1.29 is 14.7 Å². The minimum Gasteiger partial charge on any atom is -0.391 e. The number of carbonyl (C=O) groups is 2. The molecule has 0 radical (unpaired) electrons. The quantitative estimate of drug-likeness (QED) is 0.749. The zero-order valence-electron chi connectivity index (χ0n) is 12.3. The number of amides is 2. The number of likely N-dealkylation sites (tertiary alicyclic amines) is 1. The Bertz CT molecular complexity index is 331. The number of aliphatic hydroxyl groups excluding tert-OH is 1. The molecule has 3 atom stereocenters. The standard InChI is InChI=1S/C14H26N2O3/c1-5-10(4)12(17)7-15-14(19)11-6-13(18)16(8-11)9(2)3/h9-12,17H,5-8H2,1-4H3,(H,15,19). The van der Waals surface area contributed by atoms with Gasteiger partial charge in [-0.1, -0.05) is 20.3 Å². The van der Waals surface area contributed by atoms with Crippen LogP contribution in [0.1, 0.15) is 40.5 Å². The smallest absolute Gasteiger partial charge is 0.225 e. The van der Waals surface area contributed by atoms with E-state index in [9.17, 15) is 14.7 Å². The average molecular weight is 270 g/mol. The monoisotopic (exact) mass is 270 g/mol. The van der Waals surface area contributed by atoms with Gasteiger partial charge in [0.25, 0.3) is 0 Å². The van der Waals surface area contributed by atoms with E-state index < -0.39 is 6.10 Å². The van der Waals surface area contributed by atoms with Crippen molar-refractivity contribution in [3.8, 4) is 0 Å². The molecule has 1 heterocycles. The number of nitrogens with one attached hydrogen (secondary N) is 1. The molecule has 2 amide bonds. The lowest BCUT2D eigenvalue weighted by atomic mass is 10.0. The highest BCUT2D eigenvalue weighted by atomic mass is 16.3. The van der Waals surface area contributed by atoms with E-state index in [-0.39, 0.29) is 42.7 Å². The molecule has 0 aromatic rings. The fourth-order valence-electron chi connectivity index (χ4n) is 2.23. The number of rotatable bonds is 6. The van der Waals surface area contributed by atoms with E-state index in [2.05, 4.69) is 5.32 Å². The number of carbonyl (C=O) groups excluding carboxylic acids is 2. The highest BCUT2D eigenvalue weighted by molar-refractivity contribution is 5.89. The normalized spacial score (nSPS) is 22.7. The highest BCUT2D eigenvalue weighted by Gasteiger charge is 2.35. The van der Waals surface area contributed by atoms with Crippen LogP contribution in [0, 0.1) is 11.8 Å². The van der Waals surface area contributed by atoms with Gasteiger partial charge in [-0.25, -0.2) is 0 Å². The summed E-state index contributed by atoms with van der Waals surface area (Å²) in [6, 6.07) is 0.135. The molecule has 1 saturated heterocycles. The van der Waals surface area contributed by atoms with E-state index in [0.717, 1.165) is 6.42 Å². The summed E-state index contributed by atoms with van der Waals surface area (Å²) in [5.41, 5.74) is 0. The summed E-state index contributed by atoms with van der Waals surface area (Å²) < 4.78 is 0. The number of nitrogens with zero attached hydrogens (tertiary/aromatic N) is 1. The lowest BCUT2D eigenvalue weighted by Crippen LogP contribution is -2.40. The Balaban J connectivity index is 2.41. The van der Waals surface area contributed by atoms with E-state index in [1.165, 1.54) is 0 Å². The van der Waals surface area contributed by atoms with Crippen molar-refractivity contribution in [1.82, 2.24) is 10.2 Å². The lowest BCUT2D eigenvalue weighted by molar-refractivity contribution is -0.130. The van der Waals surface area contributed by atoms with E-state index in [1.54, 1.807) is 4.90 Å². The molecule has 0 spiro atoms. The molecule has 0 bridgehead atoms.